The van der Waals surface area contributed by atoms with Gasteiger partial charge in [0.1, 0.15) is 4.88 Å². The molecule has 6 heteroatoms. The van der Waals surface area contributed by atoms with E-state index >= 15 is 0 Å². The third-order valence-electron chi connectivity index (χ3n) is 4.43. The largest absolute Gasteiger partial charge is 0.334 e. The lowest BCUT2D eigenvalue weighted by atomic mass is 9.95. The third-order valence-corrected chi connectivity index (χ3v) is 5.19. The van der Waals surface area contributed by atoms with Gasteiger partial charge in [-0.25, -0.2) is 0 Å². The van der Waals surface area contributed by atoms with Crippen molar-refractivity contribution in [3.63, 3.8) is 0 Å². The highest BCUT2D eigenvalue weighted by molar-refractivity contribution is 7.08. The van der Waals surface area contributed by atoms with Crippen molar-refractivity contribution in [3.8, 4) is 0 Å². The zero-order valence-electron chi connectivity index (χ0n) is 11.4. The minimum absolute atomic E-state index is 0.139. The van der Waals surface area contributed by atoms with Crippen LogP contribution in [0, 0.1) is 11.8 Å². The van der Waals surface area contributed by atoms with Crippen molar-refractivity contribution in [2.75, 3.05) is 19.6 Å². The maximum Gasteiger partial charge on any atom is 0.267 e. The van der Waals surface area contributed by atoms with Crippen molar-refractivity contribution in [2.45, 2.75) is 32.7 Å². The lowest BCUT2D eigenvalue weighted by Gasteiger charge is -2.24. The van der Waals surface area contributed by atoms with Gasteiger partial charge in [-0.3, -0.25) is 4.79 Å². The average Bonchev–Trinajstić information content (AvgIpc) is 3.07. The first-order chi connectivity index (χ1) is 9.22. The van der Waals surface area contributed by atoms with Gasteiger partial charge in [0.05, 0.1) is 5.69 Å². The molecule has 1 aromatic heterocycles. The molecule has 2 aliphatic heterocycles. The van der Waals surface area contributed by atoms with Crippen molar-refractivity contribution in [1.29, 1.82) is 0 Å². The first-order valence-electron chi connectivity index (χ1n) is 7.05. The van der Waals surface area contributed by atoms with Crippen LogP contribution in [0.1, 0.15) is 35.6 Å². The molecule has 2 aliphatic rings. The standard InChI is InChI=1S/C13H20N4OS/c1-3-4-11-12(19-16-15-11)13(18)17-7-9-5-14-6-10(9)8(17)2/h8-10,14H,3-7H2,1-2H3. The summed E-state index contributed by atoms with van der Waals surface area (Å²) >= 11 is 1.25. The number of fused-ring (bicyclic) bond motifs is 1. The van der Waals surface area contributed by atoms with Crippen LogP contribution in [0.15, 0.2) is 0 Å². The number of aromatic nitrogens is 2. The van der Waals surface area contributed by atoms with Crippen LogP contribution >= 0.6 is 11.5 Å². The van der Waals surface area contributed by atoms with Gasteiger partial charge in [-0.1, -0.05) is 17.8 Å². The number of carbonyl (C=O) groups is 1. The van der Waals surface area contributed by atoms with E-state index in [0.717, 1.165) is 43.0 Å². The molecule has 1 aromatic rings. The molecule has 3 heterocycles. The van der Waals surface area contributed by atoms with E-state index in [9.17, 15) is 4.79 Å². The monoisotopic (exact) mass is 280 g/mol. The fraction of sp³-hybridized carbons (Fsp3) is 0.769. The number of likely N-dealkylation sites (tertiary alicyclic amines) is 1. The van der Waals surface area contributed by atoms with Crippen molar-refractivity contribution in [3.05, 3.63) is 10.6 Å². The fourth-order valence-electron chi connectivity index (χ4n) is 3.34. The highest BCUT2D eigenvalue weighted by Gasteiger charge is 2.44. The molecule has 1 amide bonds. The van der Waals surface area contributed by atoms with E-state index in [-0.39, 0.29) is 5.91 Å². The second-order valence-electron chi connectivity index (χ2n) is 5.58. The maximum atomic E-state index is 12.7. The van der Waals surface area contributed by atoms with E-state index in [4.69, 9.17) is 0 Å². The normalized spacial score (nSPS) is 29.8. The number of aryl methyl sites for hydroxylation is 1. The summed E-state index contributed by atoms with van der Waals surface area (Å²) in [5.74, 6) is 1.37. The molecular weight excluding hydrogens is 260 g/mol. The van der Waals surface area contributed by atoms with Gasteiger partial charge in [0.15, 0.2) is 0 Å². The Morgan fingerprint density at radius 2 is 2.37 bits per heavy atom. The number of carbonyl (C=O) groups excluding carboxylic acids is 1. The summed E-state index contributed by atoms with van der Waals surface area (Å²) in [6.07, 6.45) is 1.84. The molecule has 5 nitrogen and oxygen atoms in total. The predicted molar refractivity (Wildman–Crippen MR) is 74.3 cm³/mol. The summed E-state index contributed by atoms with van der Waals surface area (Å²) in [6, 6.07) is 0.323. The molecule has 3 unspecified atom stereocenters. The van der Waals surface area contributed by atoms with E-state index in [1.807, 2.05) is 4.90 Å². The van der Waals surface area contributed by atoms with Gasteiger partial charge >= 0.3 is 0 Å². The number of nitrogens with zero attached hydrogens (tertiary/aromatic N) is 3. The van der Waals surface area contributed by atoms with Crippen molar-refractivity contribution in [2.24, 2.45) is 11.8 Å². The molecule has 2 saturated heterocycles. The Morgan fingerprint density at radius 1 is 1.53 bits per heavy atom. The molecule has 3 atom stereocenters. The van der Waals surface area contributed by atoms with E-state index < -0.39 is 0 Å². The van der Waals surface area contributed by atoms with E-state index in [1.165, 1.54) is 11.5 Å². The third kappa shape index (κ3) is 2.17. The molecule has 0 spiro atoms. The number of amides is 1. The minimum Gasteiger partial charge on any atom is -0.334 e. The summed E-state index contributed by atoms with van der Waals surface area (Å²) in [5.41, 5.74) is 0.875. The predicted octanol–water partition coefficient (Wildman–Crippen LogP) is 1.17. The van der Waals surface area contributed by atoms with Crippen LogP contribution in [0.4, 0.5) is 0 Å². The molecular formula is C13H20N4OS. The summed E-state index contributed by atoms with van der Waals surface area (Å²) in [6.45, 7) is 7.23. The topological polar surface area (TPSA) is 58.1 Å². The number of hydrogen-bond donors (Lipinski definition) is 1. The minimum atomic E-state index is 0.139. The molecule has 0 saturated carbocycles. The number of rotatable bonds is 3. The van der Waals surface area contributed by atoms with Crippen LogP contribution in [0.5, 0.6) is 0 Å². The van der Waals surface area contributed by atoms with Gasteiger partial charge in [0, 0.05) is 25.7 Å². The Hall–Kier alpha value is -1.01. The molecule has 0 bridgehead atoms. The molecule has 1 N–H and O–H groups in total. The van der Waals surface area contributed by atoms with Crippen LogP contribution < -0.4 is 5.32 Å². The maximum absolute atomic E-state index is 12.7. The molecule has 0 aromatic carbocycles. The quantitative estimate of drug-likeness (QED) is 0.903. The Morgan fingerprint density at radius 3 is 3.11 bits per heavy atom. The Bertz CT molecular complexity index is 475. The summed E-state index contributed by atoms with van der Waals surface area (Å²) < 4.78 is 3.96. The van der Waals surface area contributed by atoms with Crippen LogP contribution in [0.3, 0.4) is 0 Å². The van der Waals surface area contributed by atoms with Crippen LogP contribution in [0.2, 0.25) is 0 Å². The number of nitrogens with one attached hydrogen (secondary N) is 1. The summed E-state index contributed by atoms with van der Waals surface area (Å²) in [7, 11) is 0. The summed E-state index contributed by atoms with van der Waals surface area (Å²) in [5, 5.41) is 7.52. The van der Waals surface area contributed by atoms with Crippen LogP contribution in [-0.4, -0.2) is 46.1 Å². The van der Waals surface area contributed by atoms with Gasteiger partial charge in [0.25, 0.3) is 5.91 Å². The highest BCUT2D eigenvalue weighted by atomic mass is 32.1. The summed E-state index contributed by atoms with van der Waals surface area (Å²) in [4.78, 5) is 15.5. The Labute approximate surface area is 117 Å². The van der Waals surface area contributed by atoms with Gasteiger partial charge in [-0.2, -0.15) is 0 Å². The molecule has 0 aliphatic carbocycles. The van der Waals surface area contributed by atoms with Crippen molar-refractivity contribution in [1.82, 2.24) is 19.8 Å². The Balaban J connectivity index is 1.79. The van der Waals surface area contributed by atoms with E-state index in [1.54, 1.807) is 0 Å². The van der Waals surface area contributed by atoms with Gasteiger partial charge < -0.3 is 10.2 Å². The second-order valence-corrected chi connectivity index (χ2v) is 6.33. The van der Waals surface area contributed by atoms with E-state index in [0.29, 0.717) is 17.9 Å². The number of hydrogen-bond acceptors (Lipinski definition) is 5. The lowest BCUT2D eigenvalue weighted by molar-refractivity contribution is 0.0732. The van der Waals surface area contributed by atoms with Crippen molar-refractivity contribution < 1.29 is 4.79 Å². The van der Waals surface area contributed by atoms with Crippen LogP contribution in [-0.2, 0) is 6.42 Å². The zero-order valence-corrected chi connectivity index (χ0v) is 12.2. The highest BCUT2D eigenvalue weighted by Crippen LogP contribution is 2.33. The average molecular weight is 280 g/mol. The van der Waals surface area contributed by atoms with Gasteiger partial charge in [-0.15, -0.1) is 5.10 Å². The van der Waals surface area contributed by atoms with Crippen LogP contribution in [0.25, 0.3) is 0 Å². The first kappa shape index (κ1) is 13.0. The lowest BCUT2D eigenvalue weighted by Crippen LogP contribution is -2.38. The van der Waals surface area contributed by atoms with E-state index in [2.05, 4.69) is 28.8 Å². The first-order valence-corrected chi connectivity index (χ1v) is 7.82. The SMILES string of the molecule is CCCc1nnsc1C(=O)N1CC2CNCC2C1C. The molecule has 3 rings (SSSR count). The zero-order chi connectivity index (χ0) is 13.4. The molecule has 2 fully saturated rings. The van der Waals surface area contributed by atoms with Gasteiger partial charge in [-0.05, 0) is 36.7 Å². The smallest absolute Gasteiger partial charge is 0.267 e. The van der Waals surface area contributed by atoms with Gasteiger partial charge in [0.2, 0.25) is 0 Å². The Kier molecular flexibility index (Phi) is 3.54. The molecule has 19 heavy (non-hydrogen) atoms. The molecule has 104 valence electrons. The van der Waals surface area contributed by atoms with Crippen molar-refractivity contribution >= 4 is 17.4 Å². The fourth-order valence-corrected chi connectivity index (χ4v) is 4.00. The molecule has 0 radical (unpaired) electrons. The second kappa shape index (κ2) is 5.17.